The summed E-state index contributed by atoms with van der Waals surface area (Å²) in [5, 5.41) is 2.98. The second-order valence-electron chi connectivity index (χ2n) is 6.72. The van der Waals surface area contributed by atoms with E-state index in [1.165, 1.54) is 0 Å². The van der Waals surface area contributed by atoms with E-state index in [4.69, 9.17) is 9.47 Å². The molecular weight excluding hydrogens is 350 g/mol. The molecule has 0 aliphatic carbocycles. The Labute approximate surface area is 166 Å². The van der Waals surface area contributed by atoms with E-state index in [9.17, 15) is 4.79 Å². The van der Waals surface area contributed by atoms with E-state index in [0.29, 0.717) is 24.5 Å². The molecule has 144 valence electrons. The molecule has 3 aromatic rings. The predicted octanol–water partition coefficient (Wildman–Crippen LogP) is 4.77. The summed E-state index contributed by atoms with van der Waals surface area (Å²) in [6.07, 6.45) is 0. The summed E-state index contributed by atoms with van der Waals surface area (Å²) >= 11 is 0. The minimum atomic E-state index is -0.176. The molecule has 0 bridgehead atoms. The third kappa shape index (κ3) is 5.36. The zero-order chi connectivity index (χ0) is 19.8. The number of hydrogen-bond acceptors (Lipinski definition) is 3. The number of rotatable bonds is 8. The summed E-state index contributed by atoms with van der Waals surface area (Å²) in [5.41, 5.74) is 2.64. The monoisotopic (exact) mass is 375 g/mol. The van der Waals surface area contributed by atoms with Crippen molar-refractivity contribution in [2.45, 2.75) is 26.5 Å². The number of aryl methyl sites for hydroxylation is 1. The second kappa shape index (κ2) is 9.60. The molecule has 1 N–H and O–H groups in total. The number of nitrogens with one attached hydrogen (secondary N) is 1. The normalized spacial score (nSPS) is 11.5. The van der Waals surface area contributed by atoms with Crippen molar-refractivity contribution >= 4 is 5.91 Å². The molecule has 0 fully saturated rings. The molecule has 0 aromatic heterocycles. The number of benzene rings is 3. The van der Waals surface area contributed by atoms with Crippen LogP contribution in [-0.4, -0.2) is 18.6 Å². The van der Waals surface area contributed by atoms with E-state index in [2.05, 4.69) is 5.32 Å². The maximum Gasteiger partial charge on any atom is 0.255 e. The van der Waals surface area contributed by atoms with Crippen LogP contribution in [0.3, 0.4) is 0 Å². The minimum Gasteiger partial charge on any atom is -0.491 e. The third-order valence-electron chi connectivity index (χ3n) is 4.33. The molecule has 4 heteroatoms. The minimum absolute atomic E-state index is 0.144. The molecule has 0 spiro atoms. The number of para-hydroxylation sites is 2. The predicted molar refractivity (Wildman–Crippen MR) is 111 cm³/mol. The van der Waals surface area contributed by atoms with Crippen LogP contribution in [0.1, 0.15) is 28.4 Å². The Hall–Kier alpha value is -3.27. The zero-order valence-electron chi connectivity index (χ0n) is 16.2. The van der Waals surface area contributed by atoms with Crippen LogP contribution < -0.4 is 14.8 Å². The van der Waals surface area contributed by atoms with Crippen molar-refractivity contribution in [3.05, 3.63) is 95.6 Å². The van der Waals surface area contributed by atoms with Crippen LogP contribution in [0.4, 0.5) is 0 Å². The van der Waals surface area contributed by atoms with Gasteiger partial charge in [-0.25, -0.2) is 0 Å². The Morgan fingerprint density at radius 1 is 0.857 bits per heavy atom. The molecule has 0 saturated carbocycles. The number of carbonyl (C=O) groups is 1. The van der Waals surface area contributed by atoms with Crippen LogP contribution in [0.5, 0.6) is 11.5 Å². The largest absolute Gasteiger partial charge is 0.491 e. The van der Waals surface area contributed by atoms with E-state index < -0.39 is 0 Å². The van der Waals surface area contributed by atoms with Gasteiger partial charge in [0.05, 0.1) is 11.6 Å². The smallest absolute Gasteiger partial charge is 0.255 e. The molecule has 1 atom stereocenters. The first-order chi connectivity index (χ1) is 13.6. The SMILES string of the molecule is Cc1ccccc1OCC(C)NC(=O)c1ccccc1OCc1ccccc1. The van der Waals surface area contributed by atoms with Gasteiger partial charge in [0.15, 0.2) is 0 Å². The van der Waals surface area contributed by atoms with Crippen LogP contribution in [0.15, 0.2) is 78.9 Å². The lowest BCUT2D eigenvalue weighted by atomic mass is 10.1. The van der Waals surface area contributed by atoms with Gasteiger partial charge in [0.2, 0.25) is 0 Å². The van der Waals surface area contributed by atoms with Gasteiger partial charge in [-0.3, -0.25) is 4.79 Å². The third-order valence-corrected chi connectivity index (χ3v) is 4.33. The van der Waals surface area contributed by atoms with Crippen LogP contribution >= 0.6 is 0 Å². The van der Waals surface area contributed by atoms with Gasteiger partial charge in [-0.1, -0.05) is 60.7 Å². The molecule has 0 saturated heterocycles. The highest BCUT2D eigenvalue weighted by molar-refractivity contribution is 5.97. The Bertz CT molecular complexity index is 908. The molecule has 0 heterocycles. The first-order valence-electron chi connectivity index (χ1n) is 9.38. The Morgan fingerprint density at radius 3 is 2.25 bits per heavy atom. The molecule has 3 rings (SSSR count). The van der Waals surface area contributed by atoms with Crippen molar-refractivity contribution in [1.82, 2.24) is 5.32 Å². The van der Waals surface area contributed by atoms with Gasteiger partial charge in [0, 0.05) is 0 Å². The second-order valence-corrected chi connectivity index (χ2v) is 6.72. The van der Waals surface area contributed by atoms with Crippen molar-refractivity contribution < 1.29 is 14.3 Å². The summed E-state index contributed by atoms with van der Waals surface area (Å²) < 4.78 is 11.7. The van der Waals surface area contributed by atoms with E-state index in [0.717, 1.165) is 16.9 Å². The highest BCUT2D eigenvalue weighted by Crippen LogP contribution is 2.20. The number of amides is 1. The average molecular weight is 375 g/mol. The highest BCUT2D eigenvalue weighted by Gasteiger charge is 2.15. The van der Waals surface area contributed by atoms with Gasteiger partial charge in [-0.2, -0.15) is 0 Å². The van der Waals surface area contributed by atoms with Crippen molar-refractivity contribution in [1.29, 1.82) is 0 Å². The first-order valence-corrected chi connectivity index (χ1v) is 9.38. The molecule has 0 radical (unpaired) electrons. The van der Waals surface area contributed by atoms with Crippen molar-refractivity contribution in [3.63, 3.8) is 0 Å². The fourth-order valence-electron chi connectivity index (χ4n) is 2.79. The van der Waals surface area contributed by atoms with Crippen LogP contribution in [-0.2, 0) is 6.61 Å². The fraction of sp³-hybridized carbons (Fsp3) is 0.208. The van der Waals surface area contributed by atoms with E-state index in [1.807, 2.05) is 86.6 Å². The fourth-order valence-corrected chi connectivity index (χ4v) is 2.79. The Kier molecular flexibility index (Phi) is 6.68. The number of hydrogen-bond donors (Lipinski definition) is 1. The van der Waals surface area contributed by atoms with Crippen molar-refractivity contribution in [2.24, 2.45) is 0 Å². The maximum atomic E-state index is 12.7. The quantitative estimate of drug-likeness (QED) is 0.617. The molecule has 0 aliphatic heterocycles. The summed E-state index contributed by atoms with van der Waals surface area (Å²) in [7, 11) is 0. The molecule has 1 amide bonds. The molecule has 28 heavy (non-hydrogen) atoms. The number of carbonyl (C=O) groups excluding carboxylic acids is 1. The lowest BCUT2D eigenvalue weighted by Gasteiger charge is -2.17. The maximum absolute atomic E-state index is 12.7. The van der Waals surface area contributed by atoms with Gasteiger partial charge in [0.1, 0.15) is 24.7 Å². The van der Waals surface area contributed by atoms with E-state index in [1.54, 1.807) is 6.07 Å². The molecular formula is C24H25NO3. The van der Waals surface area contributed by atoms with Crippen molar-refractivity contribution in [2.75, 3.05) is 6.61 Å². The van der Waals surface area contributed by atoms with E-state index >= 15 is 0 Å². The molecule has 4 nitrogen and oxygen atoms in total. The average Bonchev–Trinajstić information content (AvgIpc) is 2.72. The topological polar surface area (TPSA) is 47.6 Å². The van der Waals surface area contributed by atoms with Gasteiger partial charge in [0.25, 0.3) is 5.91 Å². The van der Waals surface area contributed by atoms with Crippen LogP contribution in [0, 0.1) is 6.92 Å². The van der Waals surface area contributed by atoms with E-state index in [-0.39, 0.29) is 11.9 Å². The molecule has 3 aromatic carbocycles. The van der Waals surface area contributed by atoms with Gasteiger partial charge in [-0.15, -0.1) is 0 Å². The lowest BCUT2D eigenvalue weighted by molar-refractivity contribution is 0.0922. The Morgan fingerprint density at radius 2 is 1.50 bits per heavy atom. The zero-order valence-corrected chi connectivity index (χ0v) is 16.2. The lowest BCUT2D eigenvalue weighted by Crippen LogP contribution is -2.37. The van der Waals surface area contributed by atoms with Crippen LogP contribution in [0.2, 0.25) is 0 Å². The van der Waals surface area contributed by atoms with Gasteiger partial charge in [-0.05, 0) is 43.2 Å². The summed E-state index contributed by atoms with van der Waals surface area (Å²) in [6, 6.07) is 24.8. The first kappa shape index (κ1) is 19.5. The highest BCUT2D eigenvalue weighted by atomic mass is 16.5. The van der Waals surface area contributed by atoms with Crippen molar-refractivity contribution in [3.8, 4) is 11.5 Å². The number of ether oxygens (including phenoxy) is 2. The summed E-state index contributed by atoms with van der Waals surface area (Å²) in [5.74, 6) is 1.22. The van der Waals surface area contributed by atoms with Gasteiger partial charge >= 0.3 is 0 Å². The summed E-state index contributed by atoms with van der Waals surface area (Å²) in [6.45, 7) is 4.73. The molecule has 0 aliphatic rings. The van der Waals surface area contributed by atoms with Crippen LogP contribution in [0.25, 0.3) is 0 Å². The molecule has 1 unspecified atom stereocenters. The standard InChI is InChI=1S/C24H25NO3/c1-18-10-6-8-14-22(18)27-16-19(2)25-24(26)21-13-7-9-15-23(21)28-17-20-11-4-3-5-12-20/h3-15,19H,16-17H2,1-2H3,(H,25,26). The Balaban J connectivity index is 1.58. The summed E-state index contributed by atoms with van der Waals surface area (Å²) in [4.78, 5) is 12.7. The van der Waals surface area contributed by atoms with Gasteiger partial charge < -0.3 is 14.8 Å².